The number of nitrogens with zero attached hydrogens (tertiary/aromatic N) is 1. The molecule has 1 rings (SSSR count). The van der Waals surface area contributed by atoms with Gasteiger partial charge >= 0.3 is 6.09 Å². The molecule has 0 aromatic rings. The van der Waals surface area contributed by atoms with Crippen LogP contribution in [0.5, 0.6) is 0 Å². The van der Waals surface area contributed by atoms with Crippen molar-refractivity contribution in [1.29, 1.82) is 0 Å². The van der Waals surface area contributed by atoms with E-state index in [-0.39, 0.29) is 30.4 Å². The molecule has 0 bridgehead atoms. The summed E-state index contributed by atoms with van der Waals surface area (Å²) in [6, 6.07) is -0.220. The summed E-state index contributed by atoms with van der Waals surface area (Å²) in [5.74, 6) is 0. The number of ether oxygens (including phenoxy) is 2. The summed E-state index contributed by atoms with van der Waals surface area (Å²) in [5, 5.41) is 9.39. The Kier molecular flexibility index (Phi) is 4.85. The van der Waals surface area contributed by atoms with Gasteiger partial charge in [-0.1, -0.05) is 0 Å². The molecule has 1 fully saturated rings. The minimum Gasteiger partial charge on any atom is -0.444 e. The molecular weight excluding hydrogens is 246 g/mol. The number of amides is 1. The topological polar surface area (TPSA) is 59.0 Å². The fourth-order valence-corrected chi connectivity index (χ4v) is 2.18. The van der Waals surface area contributed by atoms with E-state index in [4.69, 9.17) is 9.47 Å². The van der Waals surface area contributed by atoms with E-state index >= 15 is 0 Å². The monoisotopic (exact) mass is 273 g/mol. The Labute approximate surface area is 115 Å². The molecule has 2 atom stereocenters. The van der Waals surface area contributed by atoms with Crippen LogP contribution in [0.1, 0.15) is 48.0 Å². The van der Waals surface area contributed by atoms with Gasteiger partial charge in [0, 0.05) is 0 Å². The summed E-state index contributed by atoms with van der Waals surface area (Å²) in [6.45, 7) is 11.8. The van der Waals surface area contributed by atoms with Crippen molar-refractivity contribution in [3.63, 3.8) is 0 Å². The highest BCUT2D eigenvalue weighted by Crippen LogP contribution is 2.26. The lowest BCUT2D eigenvalue weighted by molar-refractivity contribution is -0.0550. The molecule has 0 radical (unpaired) electrons. The zero-order valence-electron chi connectivity index (χ0n) is 12.9. The molecule has 112 valence electrons. The fraction of sp³-hybridized carbons (Fsp3) is 0.929. The molecule has 1 aliphatic rings. The maximum Gasteiger partial charge on any atom is 0.410 e. The summed E-state index contributed by atoms with van der Waals surface area (Å²) < 4.78 is 11.2. The van der Waals surface area contributed by atoms with E-state index in [1.807, 2.05) is 41.5 Å². The fourth-order valence-electron chi connectivity index (χ4n) is 2.18. The largest absolute Gasteiger partial charge is 0.444 e. The van der Waals surface area contributed by atoms with Gasteiger partial charge in [0.1, 0.15) is 5.60 Å². The van der Waals surface area contributed by atoms with Crippen molar-refractivity contribution in [3.05, 3.63) is 0 Å². The molecule has 1 heterocycles. The van der Waals surface area contributed by atoms with Gasteiger partial charge in [0.2, 0.25) is 0 Å². The van der Waals surface area contributed by atoms with Gasteiger partial charge in [0.25, 0.3) is 0 Å². The molecular formula is C14H27NO4. The van der Waals surface area contributed by atoms with E-state index in [2.05, 4.69) is 0 Å². The standard InChI is InChI=1S/C14H27NO4/c1-13(2,3)18-11-7-10(9-16)15(8-11)12(17)19-14(4,5)6/h10-11,16H,7-9H2,1-6H3. The molecule has 0 saturated carbocycles. The van der Waals surface area contributed by atoms with Gasteiger partial charge in [-0.15, -0.1) is 0 Å². The Bertz CT molecular complexity index is 316. The minimum absolute atomic E-state index is 0.0512. The van der Waals surface area contributed by atoms with Crippen LogP contribution in [0.4, 0.5) is 4.79 Å². The van der Waals surface area contributed by atoms with Crippen LogP contribution in [0, 0.1) is 0 Å². The normalized spacial score (nSPS) is 24.7. The van der Waals surface area contributed by atoms with E-state index in [1.165, 1.54) is 0 Å². The van der Waals surface area contributed by atoms with Crippen LogP contribution in [0.3, 0.4) is 0 Å². The number of hydrogen-bond acceptors (Lipinski definition) is 4. The van der Waals surface area contributed by atoms with Crippen molar-refractivity contribution >= 4 is 6.09 Å². The predicted octanol–water partition coefficient (Wildman–Crippen LogP) is 2.17. The molecule has 5 nitrogen and oxygen atoms in total. The van der Waals surface area contributed by atoms with Crippen molar-refractivity contribution in [2.75, 3.05) is 13.2 Å². The highest BCUT2D eigenvalue weighted by atomic mass is 16.6. The van der Waals surface area contributed by atoms with E-state index in [1.54, 1.807) is 4.90 Å². The van der Waals surface area contributed by atoms with E-state index < -0.39 is 5.60 Å². The van der Waals surface area contributed by atoms with Crippen molar-refractivity contribution in [1.82, 2.24) is 4.90 Å². The third kappa shape index (κ3) is 5.37. The summed E-state index contributed by atoms with van der Waals surface area (Å²) in [7, 11) is 0. The van der Waals surface area contributed by atoms with E-state index in [0.29, 0.717) is 13.0 Å². The second-order valence-corrected chi connectivity index (χ2v) is 7.06. The van der Waals surface area contributed by atoms with Gasteiger partial charge < -0.3 is 19.5 Å². The van der Waals surface area contributed by atoms with Gasteiger partial charge in [-0.3, -0.25) is 0 Å². The SMILES string of the molecule is CC(C)(C)OC(=O)N1CC(OC(C)(C)C)CC1CO. The van der Waals surface area contributed by atoms with Crippen LogP contribution in [-0.2, 0) is 9.47 Å². The lowest BCUT2D eigenvalue weighted by Gasteiger charge is -2.28. The van der Waals surface area contributed by atoms with Gasteiger partial charge in [0.05, 0.1) is 30.9 Å². The lowest BCUT2D eigenvalue weighted by Crippen LogP contribution is -2.41. The minimum atomic E-state index is -0.528. The molecule has 0 aliphatic carbocycles. The van der Waals surface area contributed by atoms with Crippen molar-refractivity contribution in [2.45, 2.75) is 71.3 Å². The molecule has 5 heteroatoms. The Morgan fingerprint density at radius 3 is 2.21 bits per heavy atom. The van der Waals surface area contributed by atoms with Crippen LogP contribution >= 0.6 is 0 Å². The van der Waals surface area contributed by atoms with Gasteiger partial charge in [-0.25, -0.2) is 4.79 Å². The first-order chi connectivity index (χ1) is 8.52. The van der Waals surface area contributed by atoms with Crippen molar-refractivity contribution in [3.8, 4) is 0 Å². The van der Waals surface area contributed by atoms with Crippen LogP contribution in [0.15, 0.2) is 0 Å². The van der Waals surface area contributed by atoms with Gasteiger partial charge in [-0.05, 0) is 48.0 Å². The Hall–Kier alpha value is -0.810. The Morgan fingerprint density at radius 2 is 1.79 bits per heavy atom. The first-order valence-corrected chi connectivity index (χ1v) is 6.80. The third-order valence-electron chi connectivity index (χ3n) is 2.74. The molecule has 0 aromatic heterocycles. The van der Waals surface area contributed by atoms with Crippen LogP contribution in [0.2, 0.25) is 0 Å². The quantitative estimate of drug-likeness (QED) is 0.837. The number of carbonyl (C=O) groups excluding carboxylic acids is 1. The number of hydrogen-bond donors (Lipinski definition) is 1. The molecule has 1 aliphatic heterocycles. The lowest BCUT2D eigenvalue weighted by atomic mass is 10.1. The van der Waals surface area contributed by atoms with Crippen molar-refractivity contribution in [2.24, 2.45) is 0 Å². The Balaban J connectivity index is 2.65. The third-order valence-corrected chi connectivity index (χ3v) is 2.74. The molecule has 1 N–H and O–H groups in total. The van der Waals surface area contributed by atoms with Gasteiger partial charge in [0.15, 0.2) is 0 Å². The molecule has 19 heavy (non-hydrogen) atoms. The maximum absolute atomic E-state index is 12.1. The van der Waals surface area contributed by atoms with Crippen LogP contribution < -0.4 is 0 Å². The number of aliphatic hydroxyl groups excluding tert-OH is 1. The van der Waals surface area contributed by atoms with Crippen LogP contribution in [-0.4, -0.2) is 52.6 Å². The highest BCUT2D eigenvalue weighted by molar-refractivity contribution is 5.69. The second-order valence-electron chi connectivity index (χ2n) is 7.06. The predicted molar refractivity (Wildman–Crippen MR) is 73.1 cm³/mol. The van der Waals surface area contributed by atoms with E-state index in [0.717, 1.165) is 0 Å². The average molecular weight is 273 g/mol. The summed E-state index contributed by atoms with van der Waals surface area (Å²) in [4.78, 5) is 13.6. The number of likely N-dealkylation sites (tertiary alicyclic amines) is 1. The molecule has 2 unspecified atom stereocenters. The smallest absolute Gasteiger partial charge is 0.410 e. The summed E-state index contributed by atoms with van der Waals surface area (Å²) in [6.07, 6.45) is 0.212. The zero-order valence-corrected chi connectivity index (χ0v) is 12.9. The number of aliphatic hydroxyl groups is 1. The first kappa shape index (κ1) is 16.2. The zero-order chi connectivity index (χ0) is 14.8. The molecule has 0 aromatic carbocycles. The highest BCUT2D eigenvalue weighted by Gasteiger charge is 2.39. The maximum atomic E-state index is 12.1. The Morgan fingerprint density at radius 1 is 1.21 bits per heavy atom. The van der Waals surface area contributed by atoms with Crippen LogP contribution in [0.25, 0.3) is 0 Å². The molecule has 0 spiro atoms. The molecule has 1 amide bonds. The number of carbonyl (C=O) groups is 1. The first-order valence-electron chi connectivity index (χ1n) is 6.80. The summed E-state index contributed by atoms with van der Waals surface area (Å²) in [5.41, 5.74) is -0.783. The second kappa shape index (κ2) is 5.67. The molecule has 1 saturated heterocycles. The van der Waals surface area contributed by atoms with Crippen molar-refractivity contribution < 1.29 is 19.4 Å². The van der Waals surface area contributed by atoms with E-state index in [9.17, 15) is 9.90 Å². The number of rotatable bonds is 2. The average Bonchev–Trinajstić information content (AvgIpc) is 2.55. The summed E-state index contributed by atoms with van der Waals surface area (Å²) >= 11 is 0. The van der Waals surface area contributed by atoms with Gasteiger partial charge in [-0.2, -0.15) is 0 Å².